The third-order valence-corrected chi connectivity index (χ3v) is 4.36. The number of amides is 2. The molecule has 1 aliphatic rings. The Balaban J connectivity index is 2.32. The smallest absolute Gasteiger partial charge is 0.268 e. The normalized spacial score (nSPS) is 17.7. The predicted molar refractivity (Wildman–Crippen MR) is 85.2 cm³/mol. The molecule has 0 bridgehead atoms. The molecule has 0 atom stereocenters. The van der Waals surface area contributed by atoms with Crippen molar-refractivity contribution in [3.8, 4) is 0 Å². The molecule has 110 valence electrons. The lowest BCUT2D eigenvalue weighted by Gasteiger charge is -2.13. The van der Waals surface area contributed by atoms with Crippen molar-refractivity contribution in [3.63, 3.8) is 0 Å². The molecule has 1 heterocycles. The van der Waals surface area contributed by atoms with Crippen LogP contribution < -0.4 is 0 Å². The van der Waals surface area contributed by atoms with E-state index < -0.39 is 22.3 Å². The van der Waals surface area contributed by atoms with Crippen molar-refractivity contribution in [3.05, 3.63) is 38.3 Å². The Kier molecular flexibility index (Phi) is 4.73. The van der Waals surface area contributed by atoms with E-state index >= 15 is 0 Å². The summed E-state index contributed by atoms with van der Waals surface area (Å²) in [7, 11) is 0. The van der Waals surface area contributed by atoms with E-state index in [-0.39, 0.29) is 9.81 Å². The maximum Gasteiger partial charge on any atom is 0.472 e. The first-order valence-corrected chi connectivity index (χ1v) is 7.65. The molecule has 1 aromatic rings. The fraction of sp³-hybridized carbons (Fsp3) is 0.0833. The van der Waals surface area contributed by atoms with Crippen LogP contribution in [-0.4, -0.2) is 27.2 Å². The minimum Gasteiger partial charge on any atom is -0.268 e. The van der Waals surface area contributed by atoms with Crippen LogP contribution in [0.25, 0.3) is 6.08 Å². The van der Waals surface area contributed by atoms with Crippen molar-refractivity contribution >= 4 is 68.8 Å². The van der Waals surface area contributed by atoms with Gasteiger partial charge in [-0.3, -0.25) is 9.59 Å². The maximum atomic E-state index is 12.4. The molecule has 9 heteroatoms. The lowest BCUT2D eigenvalue weighted by molar-refractivity contribution is -0.182. The Morgan fingerprint density at radius 1 is 1.38 bits per heavy atom. The van der Waals surface area contributed by atoms with E-state index in [1.165, 1.54) is 6.08 Å². The zero-order chi connectivity index (χ0) is 15.8. The van der Waals surface area contributed by atoms with Gasteiger partial charge in [0, 0.05) is 3.57 Å². The van der Waals surface area contributed by atoms with Gasteiger partial charge in [-0.15, -0.1) is 0 Å². The van der Waals surface area contributed by atoms with Gasteiger partial charge in [0.05, 0.1) is 4.91 Å². The fourth-order valence-electron chi connectivity index (χ4n) is 1.52. The fourth-order valence-corrected chi connectivity index (χ4v) is 3.34. The average Bonchev–Trinajstić information content (AvgIpc) is 2.62. The van der Waals surface area contributed by atoms with Gasteiger partial charge in [0.25, 0.3) is 5.91 Å². The number of halogens is 4. The molecule has 2 amide bonds. The van der Waals surface area contributed by atoms with Crippen LogP contribution in [0.3, 0.4) is 0 Å². The van der Waals surface area contributed by atoms with E-state index in [2.05, 4.69) is 34.8 Å². The van der Waals surface area contributed by atoms with Crippen molar-refractivity contribution in [1.29, 1.82) is 0 Å². The number of imide groups is 1. The predicted octanol–water partition coefficient (Wildman–Crippen LogP) is 3.58. The summed E-state index contributed by atoms with van der Waals surface area (Å²) in [5.74, 6) is -3.32. The van der Waals surface area contributed by atoms with E-state index in [1.54, 1.807) is 18.2 Å². The van der Waals surface area contributed by atoms with E-state index in [1.807, 2.05) is 6.07 Å². The second-order valence-electron chi connectivity index (χ2n) is 3.88. The van der Waals surface area contributed by atoms with E-state index in [0.717, 1.165) is 3.57 Å². The molecular weight excluding hydrogens is 438 g/mol. The second kappa shape index (κ2) is 6.05. The summed E-state index contributed by atoms with van der Waals surface area (Å²) in [6.45, 7) is 0. The van der Waals surface area contributed by atoms with Gasteiger partial charge in [-0.1, -0.05) is 36.1 Å². The van der Waals surface area contributed by atoms with Gasteiger partial charge in [-0.25, -0.2) is 4.90 Å². The van der Waals surface area contributed by atoms with Crippen LogP contribution in [-0.2, 0) is 9.59 Å². The first-order valence-electron chi connectivity index (χ1n) is 5.35. The molecule has 1 fully saturated rings. The number of nitrogens with zero attached hydrogens (tertiary/aromatic N) is 1. The van der Waals surface area contributed by atoms with E-state index in [9.17, 15) is 22.8 Å². The lowest BCUT2D eigenvalue weighted by atomic mass is 10.2. The molecule has 1 aromatic carbocycles. The summed E-state index contributed by atoms with van der Waals surface area (Å²) in [4.78, 5) is 23.1. The molecule has 1 aliphatic heterocycles. The number of rotatable bonds is 1. The summed E-state index contributed by atoms with van der Waals surface area (Å²) in [6.07, 6.45) is -3.73. The molecule has 0 N–H and O–H groups in total. The summed E-state index contributed by atoms with van der Waals surface area (Å²) >= 11 is 7.43. The number of alkyl halides is 3. The summed E-state index contributed by atoms with van der Waals surface area (Å²) < 4.78 is 37.8. The topological polar surface area (TPSA) is 37.4 Å². The molecule has 0 unspecified atom stereocenters. The number of carbonyl (C=O) groups is 2. The quantitative estimate of drug-likeness (QED) is 0.378. The van der Waals surface area contributed by atoms with Gasteiger partial charge < -0.3 is 0 Å². The molecule has 0 saturated carbocycles. The van der Waals surface area contributed by atoms with Gasteiger partial charge in [0.1, 0.15) is 0 Å². The number of hydrogen-bond acceptors (Lipinski definition) is 4. The molecule has 0 radical (unpaired) electrons. The van der Waals surface area contributed by atoms with Crippen molar-refractivity contribution < 1.29 is 22.8 Å². The monoisotopic (exact) mass is 443 g/mol. The highest BCUT2D eigenvalue weighted by molar-refractivity contribution is 14.1. The van der Waals surface area contributed by atoms with Gasteiger partial charge in [0.2, 0.25) is 0 Å². The van der Waals surface area contributed by atoms with E-state index in [4.69, 9.17) is 0 Å². The molecule has 21 heavy (non-hydrogen) atoms. The highest BCUT2D eigenvalue weighted by Gasteiger charge is 2.49. The lowest BCUT2D eigenvalue weighted by Crippen LogP contribution is -2.43. The van der Waals surface area contributed by atoms with Crippen molar-refractivity contribution in [1.82, 2.24) is 4.90 Å². The number of benzene rings is 1. The van der Waals surface area contributed by atoms with Crippen LogP contribution in [0.15, 0.2) is 29.2 Å². The van der Waals surface area contributed by atoms with Crippen LogP contribution in [0.2, 0.25) is 0 Å². The Morgan fingerprint density at radius 3 is 2.62 bits per heavy atom. The molecule has 0 spiro atoms. The molecule has 2 rings (SSSR count). The van der Waals surface area contributed by atoms with Gasteiger partial charge in [-0.2, -0.15) is 13.2 Å². The van der Waals surface area contributed by atoms with Crippen LogP contribution >= 0.6 is 46.6 Å². The zero-order valence-corrected chi connectivity index (χ0v) is 13.8. The minimum absolute atomic E-state index is 0.0141. The molecule has 0 aromatic heterocycles. The highest BCUT2D eigenvalue weighted by Crippen LogP contribution is 2.35. The number of carbonyl (C=O) groups excluding carboxylic acids is 2. The van der Waals surface area contributed by atoms with Gasteiger partial charge in [-0.05, 0) is 46.4 Å². The third-order valence-electron chi connectivity index (χ3n) is 2.39. The number of thioether (sulfide) groups is 1. The Hall–Kier alpha value is -0.940. The van der Waals surface area contributed by atoms with Crippen molar-refractivity contribution in [2.45, 2.75) is 6.18 Å². The van der Waals surface area contributed by atoms with Crippen LogP contribution in [0.1, 0.15) is 5.56 Å². The van der Waals surface area contributed by atoms with Crippen LogP contribution in [0.5, 0.6) is 0 Å². The molecule has 0 aliphatic carbocycles. The number of hydrogen-bond donors (Lipinski definition) is 0. The largest absolute Gasteiger partial charge is 0.472 e. The molecular formula is C12H5F3INO2S2. The number of thiocarbonyl (C=S) groups is 1. The van der Waals surface area contributed by atoms with Gasteiger partial charge >= 0.3 is 12.1 Å². The maximum absolute atomic E-state index is 12.4. The third kappa shape index (κ3) is 3.64. The standard InChI is InChI=1S/C12H5F3INO2S2/c13-12(14,15)10(19)17-9(18)8(21-11(17)20)5-6-2-1-3-7(16)4-6/h1-5H. The Labute approximate surface area is 140 Å². The Morgan fingerprint density at radius 2 is 2.05 bits per heavy atom. The average molecular weight is 443 g/mol. The molecule has 1 saturated heterocycles. The highest BCUT2D eigenvalue weighted by atomic mass is 127. The SMILES string of the molecule is O=C1C(=Cc2cccc(I)c2)SC(=S)N1C(=O)C(F)(F)F. The Bertz CT molecular complexity index is 673. The minimum atomic E-state index is -5.14. The molecule has 3 nitrogen and oxygen atoms in total. The van der Waals surface area contributed by atoms with Crippen LogP contribution in [0.4, 0.5) is 13.2 Å². The van der Waals surface area contributed by atoms with Crippen molar-refractivity contribution in [2.75, 3.05) is 0 Å². The summed E-state index contributed by atoms with van der Waals surface area (Å²) in [6, 6.07) is 7.02. The van der Waals surface area contributed by atoms with Crippen molar-refractivity contribution in [2.24, 2.45) is 0 Å². The zero-order valence-electron chi connectivity index (χ0n) is 9.98. The van der Waals surface area contributed by atoms with Gasteiger partial charge in [0.15, 0.2) is 4.32 Å². The summed E-state index contributed by atoms with van der Waals surface area (Å²) in [5.41, 5.74) is 0.641. The second-order valence-corrected chi connectivity index (χ2v) is 6.80. The first kappa shape index (κ1) is 16.4. The van der Waals surface area contributed by atoms with E-state index in [0.29, 0.717) is 17.3 Å². The summed E-state index contributed by atoms with van der Waals surface area (Å²) in [5, 5.41) is 0. The van der Waals surface area contributed by atoms with Crippen LogP contribution in [0, 0.1) is 3.57 Å². The first-order chi connectivity index (χ1) is 9.70.